The summed E-state index contributed by atoms with van der Waals surface area (Å²) >= 11 is 13.7. The molecule has 0 radical (unpaired) electrons. The first kappa shape index (κ1) is 14.6. The van der Waals surface area contributed by atoms with Gasteiger partial charge in [-0.25, -0.2) is 9.97 Å². The number of hydrogen-bond acceptors (Lipinski definition) is 3. The minimum Gasteiger partial charge on any atom is -0.237 e. The van der Waals surface area contributed by atoms with Crippen molar-refractivity contribution in [1.82, 2.24) is 9.97 Å². The molecule has 0 amide bonds. The van der Waals surface area contributed by atoms with E-state index in [0.717, 1.165) is 33.4 Å². The molecule has 0 unspecified atom stereocenters. The van der Waals surface area contributed by atoms with Crippen LogP contribution in [0.4, 0.5) is 0 Å². The Balaban J connectivity index is 2.13. The van der Waals surface area contributed by atoms with Crippen molar-refractivity contribution in [3.05, 3.63) is 51.5 Å². The lowest BCUT2D eigenvalue weighted by Crippen LogP contribution is -2.01. The maximum atomic E-state index is 6.12. The van der Waals surface area contributed by atoms with Crippen LogP contribution in [0.15, 0.2) is 29.2 Å². The third-order valence-electron chi connectivity index (χ3n) is 2.73. The van der Waals surface area contributed by atoms with Crippen molar-refractivity contribution in [2.24, 2.45) is 0 Å². The molecule has 0 saturated carbocycles. The van der Waals surface area contributed by atoms with Crippen LogP contribution in [0.3, 0.4) is 0 Å². The lowest BCUT2D eigenvalue weighted by molar-refractivity contribution is 0.918. The highest BCUT2D eigenvalue weighted by Gasteiger charge is 2.08. The number of aryl methyl sites for hydroxylation is 1. The zero-order valence-corrected chi connectivity index (χ0v) is 13.1. The number of halogens is 2. The van der Waals surface area contributed by atoms with E-state index in [9.17, 15) is 0 Å². The molecular weight excluding hydrogens is 299 g/mol. The molecule has 2 nitrogen and oxygen atoms in total. The van der Waals surface area contributed by atoms with Gasteiger partial charge in [0.25, 0.3) is 0 Å². The Kier molecular flexibility index (Phi) is 5.08. The molecule has 0 aliphatic carbocycles. The second-order valence-electron chi connectivity index (χ2n) is 4.10. The van der Waals surface area contributed by atoms with E-state index < -0.39 is 0 Å². The van der Waals surface area contributed by atoms with Crippen LogP contribution in [0, 0.1) is 6.92 Å². The second-order valence-corrected chi connectivity index (χ2v) is 5.95. The van der Waals surface area contributed by atoms with Crippen molar-refractivity contribution < 1.29 is 0 Å². The summed E-state index contributed by atoms with van der Waals surface area (Å²) in [5, 5.41) is 1.29. The molecule has 2 rings (SSSR count). The average Bonchev–Trinajstić information content (AvgIpc) is 2.40. The van der Waals surface area contributed by atoms with Crippen LogP contribution < -0.4 is 0 Å². The van der Waals surface area contributed by atoms with E-state index in [4.69, 9.17) is 23.2 Å². The van der Waals surface area contributed by atoms with Crippen LogP contribution in [-0.2, 0) is 12.2 Å². The Labute approximate surface area is 127 Å². The normalized spacial score (nSPS) is 10.7. The lowest BCUT2D eigenvalue weighted by atomic mass is 10.2. The Morgan fingerprint density at radius 2 is 2.00 bits per heavy atom. The summed E-state index contributed by atoms with van der Waals surface area (Å²) in [5.41, 5.74) is 1.99. The highest BCUT2D eigenvalue weighted by Crippen LogP contribution is 2.25. The number of rotatable bonds is 4. The van der Waals surface area contributed by atoms with Gasteiger partial charge in [-0.05, 0) is 31.5 Å². The number of benzene rings is 1. The molecule has 0 bridgehead atoms. The Bertz CT molecular complexity index is 588. The van der Waals surface area contributed by atoms with Crippen LogP contribution in [0.25, 0.3) is 0 Å². The third-order valence-corrected chi connectivity index (χ3v) is 4.33. The molecule has 5 heteroatoms. The fourth-order valence-electron chi connectivity index (χ4n) is 1.69. The van der Waals surface area contributed by atoms with Gasteiger partial charge in [-0.1, -0.05) is 36.2 Å². The number of aromatic nitrogens is 2. The van der Waals surface area contributed by atoms with E-state index in [1.165, 1.54) is 0 Å². The molecule has 0 N–H and O–H groups in total. The summed E-state index contributed by atoms with van der Waals surface area (Å²) < 4.78 is 0. The summed E-state index contributed by atoms with van der Waals surface area (Å²) in [4.78, 5) is 9.96. The maximum absolute atomic E-state index is 6.12. The topological polar surface area (TPSA) is 25.8 Å². The smallest absolute Gasteiger partial charge is 0.140 e. The monoisotopic (exact) mass is 312 g/mol. The van der Waals surface area contributed by atoms with Crippen molar-refractivity contribution in [3.8, 4) is 0 Å². The number of hydrogen-bond donors (Lipinski definition) is 0. The molecule has 0 spiro atoms. The summed E-state index contributed by atoms with van der Waals surface area (Å²) in [6.45, 7) is 4.02. The number of thioether (sulfide) groups is 1. The fourth-order valence-corrected chi connectivity index (χ4v) is 2.97. The zero-order valence-electron chi connectivity index (χ0n) is 10.8. The van der Waals surface area contributed by atoms with E-state index in [0.29, 0.717) is 10.9 Å². The molecule has 0 atom stereocenters. The average molecular weight is 313 g/mol. The first-order valence-electron chi connectivity index (χ1n) is 6.00. The van der Waals surface area contributed by atoms with Gasteiger partial charge >= 0.3 is 0 Å². The predicted molar refractivity (Wildman–Crippen MR) is 82.2 cm³/mol. The highest BCUT2D eigenvalue weighted by atomic mass is 35.5. The van der Waals surface area contributed by atoms with Gasteiger partial charge in [-0.2, -0.15) is 0 Å². The van der Waals surface area contributed by atoms with Crippen molar-refractivity contribution in [1.29, 1.82) is 0 Å². The van der Waals surface area contributed by atoms with Gasteiger partial charge in [0.2, 0.25) is 0 Å². The van der Waals surface area contributed by atoms with E-state index in [1.807, 2.05) is 31.2 Å². The van der Waals surface area contributed by atoms with Gasteiger partial charge in [-0.3, -0.25) is 0 Å². The van der Waals surface area contributed by atoms with E-state index in [1.54, 1.807) is 11.8 Å². The molecule has 0 saturated heterocycles. The number of nitrogens with zero attached hydrogens (tertiary/aromatic N) is 2. The molecule has 0 fully saturated rings. The molecule has 100 valence electrons. The van der Waals surface area contributed by atoms with Crippen LogP contribution >= 0.6 is 35.0 Å². The summed E-state index contributed by atoms with van der Waals surface area (Å²) in [7, 11) is 0. The van der Waals surface area contributed by atoms with Gasteiger partial charge in [0.15, 0.2) is 0 Å². The predicted octanol–water partition coefficient (Wildman–Crippen LogP) is 4.95. The standard InChI is InChI=1S/C14H14Cl2N2S/c1-3-12-9(2)14(16)18-13(17-12)8-19-11-6-4-5-10(15)7-11/h4-7H,3,8H2,1-2H3. The van der Waals surface area contributed by atoms with Crippen LogP contribution in [0.1, 0.15) is 24.0 Å². The van der Waals surface area contributed by atoms with Gasteiger partial charge in [0.1, 0.15) is 11.0 Å². The zero-order chi connectivity index (χ0) is 13.8. The molecule has 19 heavy (non-hydrogen) atoms. The molecular formula is C14H14Cl2N2S. The maximum Gasteiger partial charge on any atom is 0.140 e. The minimum atomic E-state index is 0.550. The SMILES string of the molecule is CCc1nc(CSc2cccc(Cl)c2)nc(Cl)c1C. The molecule has 2 aromatic rings. The van der Waals surface area contributed by atoms with Crippen LogP contribution in [-0.4, -0.2) is 9.97 Å². The van der Waals surface area contributed by atoms with Crippen molar-refractivity contribution in [2.75, 3.05) is 0 Å². The fraction of sp³-hybridized carbons (Fsp3) is 0.286. The van der Waals surface area contributed by atoms with Crippen molar-refractivity contribution >= 4 is 35.0 Å². The molecule has 1 heterocycles. The molecule has 1 aromatic heterocycles. The summed E-state index contributed by atoms with van der Waals surface area (Å²) in [6.07, 6.45) is 0.864. The minimum absolute atomic E-state index is 0.550. The third kappa shape index (κ3) is 3.85. The first-order valence-corrected chi connectivity index (χ1v) is 7.74. The quantitative estimate of drug-likeness (QED) is 0.590. The Morgan fingerprint density at radius 1 is 1.21 bits per heavy atom. The molecule has 1 aromatic carbocycles. The van der Waals surface area contributed by atoms with Gasteiger partial charge in [0, 0.05) is 21.2 Å². The first-order chi connectivity index (χ1) is 9.10. The van der Waals surface area contributed by atoms with Gasteiger partial charge in [0.05, 0.1) is 5.75 Å². The second kappa shape index (κ2) is 6.60. The summed E-state index contributed by atoms with van der Waals surface area (Å²) in [5.74, 6) is 1.45. The van der Waals surface area contributed by atoms with E-state index in [2.05, 4.69) is 16.9 Å². The Hall–Kier alpha value is -0.770. The van der Waals surface area contributed by atoms with Gasteiger partial charge < -0.3 is 0 Å². The Morgan fingerprint density at radius 3 is 2.68 bits per heavy atom. The molecule has 0 aliphatic rings. The summed E-state index contributed by atoms with van der Waals surface area (Å²) in [6, 6.07) is 7.75. The molecule has 0 aliphatic heterocycles. The van der Waals surface area contributed by atoms with Crippen LogP contribution in [0.5, 0.6) is 0 Å². The van der Waals surface area contributed by atoms with E-state index >= 15 is 0 Å². The van der Waals surface area contributed by atoms with E-state index in [-0.39, 0.29) is 0 Å². The lowest BCUT2D eigenvalue weighted by Gasteiger charge is -2.07. The van der Waals surface area contributed by atoms with Gasteiger partial charge in [-0.15, -0.1) is 11.8 Å². The van der Waals surface area contributed by atoms with Crippen molar-refractivity contribution in [3.63, 3.8) is 0 Å². The van der Waals surface area contributed by atoms with Crippen molar-refractivity contribution in [2.45, 2.75) is 30.9 Å². The largest absolute Gasteiger partial charge is 0.237 e. The highest BCUT2D eigenvalue weighted by molar-refractivity contribution is 7.98. The van der Waals surface area contributed by atoms with Crippen LogP contribution in [0.2, 0.25) is 10.2 Å².